The van der Waals surface area contributed by atoms with Crippen LogP contribution in [0, 0.1) is 38.0 Å². The number of benzene rings is 2. The topological polar surface area (TPSA) is 96.0 Å². The van der Waals surface area contributed by atoms with E-state index in [-0.39, 0.29) is 36.5 Å². The van der Waals surface area contributed by atoms with E-state index in [0.717, 1.165) is 85.6 Å². The average Bonchev–Trinajstić information content (AvgIpc) is 3.48. The molecular weight excluding hydrogens is 809 g/mol. The van der Waals surface area contributed by atoms with Gasteiger partial charge in [0.15, 0.2) is 30.2 Å². The quantitative estimate of drug-likeness (QED) is 0.0984. The first-order valence-corrected chi connectivity index (χ1v) is 24.5. The highest BCUT2D eigenvalue weighted by Gasteiger charge is 2.47. The summed E-state index contributed by atoms with van der Waals surface area (Å²) in [5, 5.41) is 0. The van der Waals surface area contributed by atoms with Gasteiger partial charge in [0.1, 0.15) is 0 Å². The number of hydrogen-bond acceptors (Lipinski definition) is 7. The zero-order chi connectivity index (χ0) is 47.2. The summed E-state index contributed by atoms with van der Waals surface area (Å²) in [5.74, 6) is -0.184. The molecule has 3 aliphatic carbocycles. The van der Waals surface area contributed by atoms with Crippen molar-refractivity contribution in [1.29, 1.82) is 0 Å². The van der Waals surface area contributed by atoms with Crippen LogP contribution < -0.4 is 0 Å². The third-order valence-electron chi connectivity index (χ3n) is 15.0. The highest BCUT2D eigenvalue weighted by atomic mass is 16.7. The second kappa shape index (κ2) is 21.9. The van der Waals surface area contributed by atoms with Gasteiger partial charge in [0.05, 0.1) is 12.2 Å². The van der Waals surface area contributed by atoms with Gasteiger partial charge in [-0.3, -0.25) is 19.2 Å². The van der Waals surface area contributed by atoms with Crippen molar-refractivity contribution in [2.24, 2.45) is 17.3 Å². The van der Waals surface area contributed by atoms with Crippen molar-refractivity contribution >= 4 is 23.3 Å². The Labute approximate surface area is 390 Å². The molecule has 1 heterocycles. The number of hydrogen-bond donors (Lipinski definition) is 0. The third-order valence-corrected chi connectivity index (χ3v) is 15.0. The number of esters is 1. The van der Waals surface area contributed by atoms with Gasteiger partial charge in [-0.15, -0.1) is 0 Å². The lowest BCUT2D eigenvalue weighted by Gasteiger charge is -2.44. The highest BCUT2D eigenvalue weighted by Crippen LogP contribution is 2.50. The maximum Gasteiger partial charge on any atom is 0.306 e. The maximum absolute atomic E-state index is 14.3. The van der Waals surface area contributed by atoms with Crippen LogP contribution in [-0.4, -0.2) is 42.3 Å². The summed E-state index contributed by atoms with van der Waals surface area (Å²) >= 11 is 0. The average molecular weight is 885 g/mol. The molecule has 4 aliphatic rings. The SMILES string of the molecule is CC(C)=CCC/C(C)=C/CCC1=CCCC=C(CC/C=C(\C)CCC(=O)OCC(=O)C2(C)Cc3c(C)c4c(c(C)c3C(OC3CC(C)C(C)C(C)O3)C2)C(=O)c2c(C)cccc2C4=O)C1. The second-order valence-electron chi connectivity index (χ2n) is 20.5. The summed E-state index contributed by atoms with van der Waals surface area (Å²) in [7, 11) is 0. The number of allylic oxidation sites excluding steroid dienone is 10. The molecular formula is C58H76O7. The van der Waals surface area contributed by atoms with Crippen LogP contribution in [0.1, 0.15) is 205 Å². The first kappa shape index (κ1) is 50.0. The second-order valence-corrected chi connectivity index (χ2v) is 20.5. The summed E-state index contributed by atoms with van der Waals surface area (Å²) in [6.07, 6.45) is 22.5. The van der Waals surface area contributed by atoms with Crippen molar-refractivity contribution in [2.45, 2.75) is 185 Å². The smallest absolute Gasteiger partial charge is 0.306 e. The predicted molar refractivity (Wildman–Crippen MR) is 261 cm³/mol. The van der Waals surface area contributed by atoms with Gasteiger partial charge in [0, 0.05) is 40.5 Å². The van der Waals surface area contributed by atoms with Crippen LogP contribution >= 0.6 is 0 Å². The molecule has 1 saturated heterocycles. The standard InChI is InChI=1S/C58H76O7/c1-35(2)18-14-19-36(3)20-15-25-44-23-12-13-24-45(31-44)26-16-21-37(4)28-29-50(60)63-34-49(59)58(11)32-47-41(8)54-55(57(62)52-38(5)22-17-27-46(52)56(54)61)42(9)53(47)48(33-58)65-51-30-39(6)40(7)43(10)64-51/h17-18,20-24,27,39-40,43,48,51H,12-16,19,25-26,28-34H2,1-11H3/b36-20+,37-21+. The van der Waals surface area contributed by atoms with Crippen molar-refractivity contribution in [2.75, 3.05) is 6.61 Å². The van der Waals surface area contributed by atoms with Crippen molar-refractivity contribution in [1.82, 2.24) is 0 Å². The minimum Gasteiger partial charge on any atom is -0.458 e. The van der Waals surface area contributed by atoms with E-state index in [1.54, 1.807) is 11.6 Å². The molecule has 7 heteroatoms. The molecule has 2 aromatic carbocycles. The fourth-order valence-corrected chi connectivity index (χ4v) is 10.6. The molecule has 7 nitrogen and oxygen atoms in total. The van der Waals surface area contributed by atoms with Crippen molar-refractivity contribution < 1.29 is 33.4 Å². The molecule has 65 heavy (non-hydrogen) atoms. The molecule has 6 unspecified atom stereocenters. The lowest BCUT2D eigenvalue weighted by Crippen LogP contribution is -2.43. The molecule has 1 aliphatic heterocycles. The van der Waals surface area contributed by atoms with Crippen LogP contribution in [0.5, 0.6) is 0 Å². The molecule has 0 amide bonds. The Morgan fingerprint density at radius 1 is 0.800 bits per heavy atom. The third kappa shape index (κ3) is 11.9. The molecule has 0 aromatic heterocycles. The molecule has 0 bridgehead atoms. The minimum absolute atomic E-state index is 0.0117. The van der Waals surface area contributed by atoms with E-state index >= 15 is 0 Å². The molecule has 1 fully saturated rings. The number of rotatable bonds is 17. The summed E-state index contributed by atoms with van der Waals surface area (Å²) in [5.41, 5.74) is 11.7. The number of carbonyl (C=O) groups is 4. The highest BCUT2D eigenvalue weighted by molar-refractivity contribution is 6.30. The van der Waals surface area contributed by atoms with Gasteiger partial charge in [-0.05, 0) is 172 Å². The summed E-state index contributed by atoms with van der Waals surface area (Å²) < 4.78 is 19.0. The lowest BCUT2D eigenvalue weighted by atomic mass is 9.65. The predicted octanol–water partition coefficient (Wildman–Crippen LogP) is 13.9. The minimum atomic E-state index is -0.961. The molecule has 350 valence electrons. The Hall–Kier alpha value is -4.46. The Morgan fingerprint density at radius 2 is 1.45 bits per heavy atom. The lowest BCUT2D eigenvalue weighted by molar-refractivity contribution is -0.240. The first-order chi connectivity index (χ1) is 30.9. The number of ether oxygens (including phenoxy) is 3. The zero-order valence-corrected chi connectivity index (χ0v) is 41.5. The monoisotopic (exact) mass is 885 g/mol. The number of fused-ring (bicyclic) bond motifs is 3. The Morgan fingerprint density at radius 3 is 2.09 bits per heavy atom. The van der Waals surface area contributed by atoms with Crippen LogP contribution in [0.4, 0.5) is 0 Å². The van der Waals surface area contributed by atoms with Crippen LogP contribution in [0.15, 0.2) is 76.4 Å². The molecule has 0 spiro atoms. The fourth-order valence-electron chi connectivity index (χ4n) is 10.6. The largest absolute Gasteiger partial charge is 0.458 e. The van der Waals surface area contributed by atoms with E-state index in [0.29, 0.717) is 65.3 Å². The summed E-state index contributed by atoms with van der Waals surface area (Å²) in [4.78, 5) is 56.1. The molecule has 6 atom stereocenters. The summed E-state index contributed by atoms with van der Waals surface area (Å²) in [6.45, 7) is 22.4. The Bertz CT molecular complexity index is 2300. The van der Waals surface area contributed by atoms with Gasteiger partial charge in [0.2, 0.25) is 0 Å². The van der Waals surface area contributed by atoms with Gasteiger partial charge in [-0.1, -0.05) is 97.2 Å². The molecule has 0 radical (unpaired) electrons. The normalized spacial score (nSPS) is 24.6. The molecule has 2 aromatic rings. The van der Waals surface area contributed by atoms with Crippen molar-refractivity contribution in [3.63, 3.8) is 0 Å². The van der Waals surface area contributed by atoms with E-state index in [1.165, 1.54) is 16.7 Å². The fraction of sp³-hybridized carbons (Fsp3) is 0.552. The number of ketones is 3. The number of aryl methyl sites for hydroxylation is 1. The number of Topliss-reactive ketones (excluding diaryl/α,β-unsaturated/α-hetero) is 1. The Balaban J connectivity index is 1.08. The van der Waals surface area contributed by atoms with Gasteiger partial charge >= 0.3 is 5.97 Å². The van der Waals surface area contributed by atoms with Gasteiger partial charge in [-0.2, -0.15) is 0 Å². The number of carbonyl (C=O) groups excluding carboxylic acids is 4. The van der Waals surface area contributed by atoms with Crippen molar-refractivity contribution in [3.05, 3.63) is 127 Å². The van der Waals surface area contributed by atoms with Crippen LogP contribution in [-0.2, 0) is 30.2 Å². The van der Waals surface area contributed by atoms with E-state index in [2.05, 4.69) is 78.8 Å². The first-order valence-electron chi connectivity index (χ1n) is 24.5. The van der Waals surface area contributed by atoms with E-state index in [1.807, 2.05) is 39.8 Å². The van der Waals surface area contributed by atoms with Crippen molar-refractivity contribution in [3.8, 4) is 0 Å². The van der Waals surface area contributed by atoms with Gasteiger partial charge in [-0.25, -0.2) is 0 Å². The molecule has 0 N–H and O–H groups in total. The van der Waals surface area contributed by atoms with Gasteiger partial charge in [0.25, 0.3) is 0 Å². The Kier molecular flexibility index (Phi) is 16.8. The van der Waals surface area contributed by atoms with E-state index in [9.17, 15) is 19.2 Å². The zero-order valence-electron chi connectivity index (χ0n) is 41.5. The van der Waals surface area contributed by atoms with Gasteiger partial charge < -0.3 is 14.2 Å². The molecule has 6 rings (SSSR count). The van der Waals surface area contributed by atoms with Crippen LogP contribution in [0.3, 0.4) is 0 Å². The van der Waals surface area contributed by atoms with Crippen LogP contribution in [0.25, 0.3) is 0 Å². The maximum atomic E-state index is 14.3. The van der Waals surface area contributed by atoms with Crippen LogP contribution in [0.2, 0.25) is 0 Å². The molecule has 0 saturated carbocycles. The summed E-state index contributed by atoms with van der Waals surface area (Å²) in [6, 6.07) is 5.41. The van der Waals surface area contributed by atoms with E-state index in [4.69, 9.17) is 14.2 Å². The van der Waals surface area contributed by atoms with E-state index < -0.39 is 23.8 Å².